The number of nitrogens with one attached hydrogen (secondary N) is 1. The van der Waals surface area contributed by atoms with Gasteiger partial charge in [0, 0.05) is 24.6 Å². The van der Waals surface area contributed by atoms with Gasteiger partial charge in [-0.3, -0.25) is 0 Å². The van der Waals surface area contributed by atoms with Crippen molar-refractivity contribution in [1.82, 2.24) is 19.8 Å². The van der Waals surface area contributed by atoms with Crippen LogP contribution in [0, 0.1) is 0 Å². The first kappa shape index (κ1) is 15.4. The molecule has 6 nitrogen and oxygen atoms in total. The lowest BCUT2D eigenvalue weighted by Crippen LogP contribution is -2.16. The van der Waals surface area contributed by atoms with Gasteiger partial charge in [-0.05, 0) is 42.7 Å². The summed E-state index contributed by atoms with van der Waals surface area (Å²) >= 11 is 6.06. The number of hydrogen-bond acceptors (Lipinski definition) is 5. The van der Waals surface area contributed by atoms with Crippen LogP contribution in [0.3, 0.4) is 0 Å². The van der Waals surface area contributed by atoms with Crippen molar-refractivity contribution in [3.63, 3.8) is 0 Å². The molecular formula is C17H18ClN5O. The molecule has 7 heteroatoms. The van der Waals surface area contributed by atoms with E-state index >= 15 is 0 Å². The molecule has 1 saturated carbocycles. The quantitative estimate of drug-likeness (QED) is 0.742. The molecule has 1 fully saturated rings. The van der Waals surface area contributed by atoms with Crippen LogP contribution in [0.1, 0.15) is 36.3 Å². The number of methoxy groups -OCH3 is 1. The molecule has 1 N–H and O–H groups in total. The Morgan fingerprint density at radius 3 is 2.92 bits per heavy atom. The largest absolute Gasteiger partial charge is 0.375 e. The molecule has 1 aliphatic carbocycles. The fourth-order valence-electron chi connectivity index (χ4n) is 2.74. The summed E-state index contributed by atoms with van der Waals surface area (Å²) in [5.74, 6) is 2.22. The molecule has 0 unspecified atom stereocenters. The maximum Gasteiger partial charge on any atom is 0.178 e. The van der Waals surface area contributed by atoms with Crippen LogP contribution in [0.5, 0.6) is 0 Å². The second-order valence-electron chi connectivity index (χ2n) is 5.98. The third-order valence-corrected chi connectivity index (χ3v) is 4.44. The summed E-state index contributed by atoms with van der Waals surface area (Å²) < 4.78 is 7.41. The number of ether oxygens (including phenoxy) is 1. The number of nitrogens with zero attached hydrogens (tertiary/aromatic N) is 4. The molecule has 1 atom stereocenters. The van der Waals surface area contributed by atoms with Gasteiger partial charge in [0.25, 0.3) is 0 Å². The Kier molecular flexibility index (Phi) is 4.08. The lowest BCUT2D eigenvalue weighted by atomic mass is 10.1. The minimum atomic E-state index is -0.106. The molecule has 3 aromatic rings. The van der Waals surface area contributed by atoms with E-state index in [0.29, 0.717) is 17.5 Å². The number of rotatable bonds is 6. The highest BCUT2D eigenvalue weighted by Gasteiger charge is 2.29. The van der Waals surface area contributed by atoms with Crippen LogP contribution in [0.25, 0.3) is 5.65 Å². The Balaban J connectivity index is 1.52. The van der Waals surface area contributed by atoms with Gasteiger partial charge in [-0.2, -0.15) is 4.52 Å². The van der Waals surface area contributed by atoms with E-state index in [-0.39, 0.29) is 6.10 Å². The molecular weight excluding hydrogens is 326 g/mol. The summed E-state index contributed by atoms with van der Waals surface area (Å²) in [6.07, 6.45) is 2.23. The summed E-state index contributed by atoms with van der Waals surface area (Å²) in [6, 6.07) is 11.5. The van der Waals surface area contributed by atoms with Crippen molar-refractivity contribution in [3.8, 4) is 0 Å². The molecule has 0 saturated heterocycles. The zero-order valence-corrected chi connectivity index (χ0v) is 14.1. The number of aromatic nitrogens is 4. The topological polar surface area (TPSA) is 64.3 Å². The number of benzene rings is 1. The summed E-state index contributed by atoms with van der Waals surface area (Å²) in [6.45, 7) is 0.593. The van der Waals surface area contributed by atoms with Crippen LogP contribution in [0.15, 0.2) is 36.4 Å². The first-order valence-corrected chi connectivity index (χ1v) is 8.37. The van der Waals surface area contributed by atoms with Gasteiger partial charge in [0.15, 0.2) is 11.5 Å². The molecule has 0 bridgehead atoms. The molecule has 0 amide bonds. The first-order valence-electron chi connectivity index (χ1n) is 7.99. The fourth-order valence-corrected chi connectivity index (χ4v) is 2.94. The van der Waals surface area contributed by atoms with E-state index in [1.165, 1.54) is 12.8 Å². The fraction of sp³-hybridized carbons (Fsp3) is 0.353. The van der Waals surface area contributed by atoms with Gasteiger partial charge in [-0.25, -0.2) is 0 Å². The Morgan fingerprint density at radius 1 is 1.29 bits per heavy atom. The summed E-state index contributed by atoms with van der Waals surface area (Å²) in [5.41, 5.74) is 1.81. The summed E-state index contributed by atoms with van der Waals surface area (Å²) in [4.78, 5) is 0. The van der Waals surface area contributed by atoms with Crippen LogP contribution in [0.4, 0.5) is 5.82 Å². The van der Waals surface area contributed by atoms with Crippen LogP contribution in [-0.2, 0) is 4.74 Å². The number of hydrogen-bond donors (Lipinski definition) is 1. The van der Waals surface area contributed by atoms with Crippen molar-refractivity contribution in [3.05, 3.63) is 52.8 Å². The highest BCUT2D eigenvalue weighted by molar-refractivity contribution is 6.30. The molecule has 2 heterocycles. The number of fused-ring (bicyclic) bond motifs is 1. The second kappa shape index (κ2) is 6.37. The molecule has 4 rings (SSSR count). The van der Waals surface area contributed by atoms with Gasteiger partial charge in [0.1, 0.15) is 5.82 Å². The minimum absolute atomic E-state index is 0.106. The highest BCUT2D eigenvalue weighted by atomic mass is 35.5. The average molecular weight is 344 g/mol. The third kappa shape index (κ3) is 3.07. The summed E-state index contributed by atoms with van der Waals surface area (Å²) in [5, 5.41) is 17.1. The van der Waals surface area contributed by atoms with Gasteiger partial charge >= 0.3 is 0 Å². The van der Waals surface area contributed by atoms with Crippen LogP contribution in [0.2, 0.25) is 5.02 Å². The van der Waals surface area contributed by atoms with Crippen molar-refractivity contribution >= 4 is 23.1 Å². The smallest absolute Gasteiger partial charge is 0.178 e. The van der Waals surface area contributed by atoms with E-state index in [2.05, 4.69) is 20.6 Å². The normalized spacial score (nSPS) is 15.6. The van der Waals surface area contributed by atoms with Crippen molar-refractivity contribution in [2.24, 2.45) is 0 Å². The van der Waals surface area contributed by atoms with Gasteiger partial charge in [-0.1, -0.05) is 23.7 Å². The molecule has 24 heavy (non-hydrogen) atoms. The zero-order chi connectivity index (χ0) is 16.5. The highest BCUT2D eigenvalue weighted by Crippen LogP contribution is 2.38. The van der Waals surface area contributed by atoms with Crippen LogP contribution < -0.4 is 5.32 Å². The predicted octanol–water partition coefficient (Wildman–Crippen LogP) is 3.45. The lowest BCUT2D eigenvalue weighted by molar-refractivity contribution is 0.114. The van der Waals surface area contributed by atoms with Crippen LogP contribution in [-0.4, -0.2) is 33.5 Å². The molecule has 124 valence electrons. The van der Waals surface area contributed by atoms with E-state index in [1.54, 1.807) is 7.11 Å². The van der Waals surface area contributed by atoms with Crippen LogP contribution >= 0.6 is 11.6 Å². The lowest BCUT2D eigenvalue weighted by Gasteiger charge is -2.17. The van der Waals surface area contributed by atoms with E-state index in [0.717, 1.165) is 22.9 Å². The maximum atomic E-state index is 6.06. The minimum Gasteiger partial charge on any atom is -0.375 e. The molecule has 0 radical (unpaired) electrons. The molecule has 1 aromatic carbocycles. The standard InChI is InChI=1S/C17H18ClN5O/c1-24-14(12-3-2-4-13(18)9-12)10-19-15-7-8-16-20-21-17(11-5-6-11)23(16)22-15/h2-4,7-9,11,14H,5-6,10H2,1H3,(H,19,22)/t14-/m0/s1. The second-order valence-corrected chi connectivity index (χ2v) is 6.42. The monoisotopic (exact) mass is 343 g/mol. The Morgan fingerprint density at radius 2 is 2.17 bits per heavy atom. The Hall–Kier alpha value is -2.18. The van der Waals surface area contributed by atoms with Crippen molar-refractivity contribution in [2.75, 3.05) is 19.0 Å². The van der Waals surface area contributed by atoms with Gasteiger partial charge in [0.2, 0.25) is 0 Å². The first-order chi connectivity index (χ1) is 11.7. The van der Waals surface area contributed by atoms with E-state index in [4.69, 9.17) is 16.3 Å². The Labute approximate surface area is 144 Å². The average Bonchev–Trinajstić information content (AvgIpc) is 3.35. The van der Waals surface area contributed by atoms with Gasteiger partial charge in [-0.15, -0.1) is 15.3 Å². The predicted molar refractivity (Wildman–Crippen MR) is 92.4 cm³/mol. The molecule has 0 aliphatic heterocycles. The molecule has 0 spiro atoms. The van der Waals surface area contributed by atoms with E-state index < -0.39 is 0 Å². The van der Waals surface area contributed by atoms with Gasteiger partial charge < -0.3 is 10.1 Å². The SMILES string of the molecule is CO[C@@H](CNc1ccc2nnc(C3CC3)n2n1)c1cccc(Cl)c1. The third-order valence-electron chi connectivity index (χ3n) is 4.20. The van der Waals surface area contributed by atoms with E-state index in [1.807, 2.05) is 40.9 Å². The Bertz CT molecular complexity index is 861. The summed E-state index contributed by atoms with van der Waals surface area (Å²) in [7, 11) is 1.69. The van der Waals surface area contributed by atoms with E-state index in [9.17, 15) is 0 Å². The number of halogens is 1. The van der Waals surface area contributed by atoms with Crippen molar-refractivity contribution < 1.29 is 4.74 Å². The van der Waals surface area contributed by atoms with Crippen molar-refractivity contribution in [1.29, 1.82) is 0 Å². The zero-order valence-electron chi connectivity index (χ0n) is 13.3. The number of anilines is 1. The van der Waals surface area contributed by atoms with Crippen molar-refractivity contribution in [2.45, 2.75) is 24.9 Å². The van der Waals surface area contributed by atoms with Gasteiger partial charge in [0.05, 0.1) is 6.10 Å². The molecule has 1 aliphatic rings. The molecule has 2 aromatic heterocycles. The maximum absolute atomic E-state index is 6.06.